The molecular weight excluding hydrogens is 224 g/mol. The molecule has 16 heavy (non-hydrogen) atoms. The first-order valence-electron chi connectivity index (χ1n) is 4.98. The number of ether oxygens (including phenoxy) is 1. The van der Waals surface area contributed by atoms with Gasteiger partial charge in [0.15, 0.2) is 0 Å². The maximum Gasteiger partial charge on any atom is 0.100 e. The van der Waals surface area contributed by atoms with E-state index in [2.05, 4.69) is 6.07 Å². The molecule has 1 heterocycles. The first-order valence-corrected chi connectivity index (χ1v) is 5.86. The van der Waals surface area contributed by atoms with Gasteiger partial charge in [-0.2, -0.15) is 5.26 Å². The highest BCUT2D eigenvalue weighted by molar-refractivity contribution is 7.10. The standard InChI is InChI=1S/C11H16N2O2S/c1-13(5-10(14)7-15-2)6-11-3-9(4-12)8-16-11/h3,8,10,14H,5-7H2,1-2H3. The lowest BCUT2D eigenvalue weighted by molar-refractivity contribution is 0.0420. The van der Waals surface area contributed by atoms with Crippen molar-refractivity contribution in [1.29, 1.82) is 5.26 Å². The van der Waals surface area contributed by atoms with E-state index in [1.54, 1.807) is 18.4 Å². The molecule has 1 rings (SSSR count). The van der Waals surface area contributed by atoms with E-state index < -0.39 is 6.10 Å². The minimum Gasteiger partial charge on any atom is -0.389 e. The molecule has 0 aliphatic heterocycles. The molecule has 1 atom stereocenters. The molecule has 0 fully saturated rings. The van der Waals surface area contributed by atoms with E-state index >= 15 is 0 Å². The molecule has 0 saturated heterocycles. The number of thiophene rings is 1. The predicted molar refractivity (Wildman–Crippen MR) is 63.3 cm³/mol. The molecule has 0 saturated carbocycles. The molecule has 0 radical (unpaired) electrons. The van der Waals surface area contributed by atoms with Gasteiger partial charge in [-0.25, -0.2) is 0 Å². The minimum absolute atomic E-state index is 0.345. The summed E-state index contributed by atoms with van der Waals surface area (Å²) in [7, 11) is 3.51. The third-order valence-corrected chi connectivity index (χ3v) is 3.01. The predicted octanol–water partition coefficient (Wildman–Crippen LogP) is 1.06. The van der Waals surface area contributed by atoms with Gasteiger partial charge in [0.05, 0.1) is 18.3 Å². The normalized spacial score (nSPS) is 12.7. The van der Waals surface area contributed by atoms with Gasteiger partial charge in [0, 0.05) is 30.5 Å². The fraction of sp³-hybridized carbons (Fsp3) is 0.545. The molecule has 4 nitrogen and oxygen atoms in total. The number of hydrogen-bond donors (Lipinski definition) is 1. The van der Waals surface area contributed by atoms with Crippen molar-refractivity contribution in [3.05, 3.63) is 21.9 Å². The van der Waals surface area contributed by atoms with Crippen LogP contribution >= 0.6 is 11.3 Å². The minimum atomic E-state index is -0.467. The van der Waals surface area contributed by atoms with Crippen LogP contribution in [0, 0.1) is 11.3 Å². The van der Waals surface area contributed by atoms with Crippen molar-refractivity contribution in [3.8, 4) is 6.07 Å². The monoisotopic (exact) mass is 240 g/mol. The lowest BCUT2D eigenvalue weighted by atomic mass is 10.3. The van der Waals surface area contributed by atoms with Gasteiger partial charge in [-0.15, -0.1) is 11.3 Å². The highest BCUT2D eigenvalue weighted by Crippen LogP contribution is 2.15. The molecule has 1 aromatic heterocycles. The van der Waals surface area contributed by atoms with Crippen molar-refractivity contribution in [2.75, 3.05) is 27.3 Å². The zero-order valence-electron chi connectivity index (χ0n) is 9.51. The molecule has 1 N–H and O–H groups in total. The third kappa shape index (κ3) is 4.29. The van der Waals surface area contributed by atoms with Gasteiger partial charge in [0.1, 0.15) is 6.07 Å². The molecule has 0 aliphatic rings. The van der Waals surface area contributed by atoms with Crippen molar-refractivity contribution >= 4 is 11.3 Å². The van der Waals surface area contributed by atoms with Crippen LogP contribution in [0.15, 0.2) is 11.4 Å². The smallest absolute Gasteiger partial charge is 0.100 e. The van der Waals surface area contributed by atoms with E-state index in [0.717, 1.165) is 11.4 Å². The Bertz CT molecular complexity index is 359. The Morgan fingerprint density at radius 1 is 1.69 bits per heavy atom. The van der Waals surface area contributed by atoms with Gasteiger partial charge in [-0.05, 0) is 13.1 Å². The summed E-state index contributed by atoms with van der Waals surface area (Å²) in [5.74, 6) is 0. The van der Waals surface area contributed by atoms with Gasteiger partial charge in [0.25, 0.3) is 0 Å². The summed E-state index contributed by atoms with van der Waals surface area (Å²) < 4.78 is 4.86. The molecule has 0 aromatic carbocycles. The van der Waals surface area contributed by atoms with Gasteiger partial charge >= 0.3 is 0 Å². The molecule has 0 bridgehead atoms. The fourth-order valence-corrected chi connectivity index (χ4v) is 2.35. The molecule has 1 aromatic rings. The highest BCUT2D eigenvalue weighted by atomic mass is 32.1. The van der Waals surface area contributed by atoms with E-state index in [0.29, 0.717) is 18.7 Å². The van der Waals surface area contributed by atoms with Crippen molar-refractivity contribution in [2.45, 2.75) is 12.6 Å². The molecule has 5 heteroatoms. The Morgan fingerprint density at radius 2 is 2.44 bits per heavy atom. The van der Waals surface area contributed by atoms with E-state index in [1.807, 2.05) is 23.4 Å². The van der Waals surface area contributed by atoms with Crippen LogP contribution in [0.2, 0.25) is 0 Å². The van der Waals surface area contributed by atoms with Crippen molar-refractivity contribution in [2.24, 2.45) is 0 Å². The van der Waals surface area contributed by atoms with E-state index in [1.165, 1.54) is 0 Å². The summed E-state index contributed by atoms with van der Waals surface area (Å²) in [6.45, 7) is 1.65. The molecular formula is C11H16N2O2S. The van der Waals surface area contributed by atoms with Crippen LogP contribution in [-0.4, -0.2) is 43.4 Å². The van der Waals surface area contributed by atoms with Crippen LogP contribution in [0.3, 0.4) is 0 Å². The Morgan fingerprint density at radius 3 is 3.00 bits per heavy atom. The number of methoxy groups -OCH3 is 1. The van der Waals surface area contributed by atoms with Crippen LogP contribution in [0.4, 0.5) is 0 Å². The Hall–Kier alpha value is -0.930. The second-order valence-electron chi connectivity index (χ2n) is 3.72. The summed E-state index contributed by atoms with van der Waals surface area (Å²) in [6.07, 6.45) is -0.467. The third-order valence-electron chi connectivity index (χ3n) is 2.09. The summed E-state index contributed by atoms with van der Waals surface area (Å²) in [4.78, 5) is 3.14. The van der Waals surface area contributed by atoms with Gasteiger partial charge in [-0.1, -0.05) is 0 Å². The zero-order chi connectivity index (χ0) is 12.0. The van der Waals surface area contributed by atoms with Crippen LogP contribution in [-0.2, 0) is 11.3 Å². The highest BCUT2D eigenvalue weighted by Gasteiger charge is 2.09. The van der Waals surface area contributed by atoms with Gasteiger partial charge in [-0.3, -0.25) is 4.90 Å². The Labute approximate surface area is 99.7 Å². The Kier molecular flexibility index (Phi) is 5.43. The SMILES string of the molecule is COCC(O)CN(C)Cc1cc(C#N)cs1. The second kappa shape index (κ2) is 6.61. The van der Waals surface area contributed by atoms with Crippen LogP contribution < -0.4 is 0 Å². The number of aliphatic hydroxyl groups excluding tert-OH is 1. The number of rotatable bonds is 6. The zero-order valence-corrected chi connectivity index (χ0v) is 10.3. The van der Waals surface area contributed by atoms with Crippen LogP contribution in [0.1, 0.15) is 10.4 Å². The summed E-state index contributed by atoms with van der Waals surface area (Å²) in [5.41, 5.74) is 0.700. The first-order chi connectivity index (χ1) is 7.65. The van der Waals surface area contributed by atoms with E-state index in [9.17, 15) is 5.11 Å². The summed E-state index contributed by atoms with van der Waals surface area (Å²) in [6, 6.07) is 3.98. The molecule has 88 valence electrons. The van der Waals surface area contributed by atoms with Crippen LogP contribution in [0.25, 0.3) is 0 Å². The molecule has 0 aliphatic carbocycles. The van der Waals surface area contributed by atoms with Crippen molar-refractivity contribution < 1.29 is 9.84 Å². The largest absolute Gasteiger partial charge is 0.389 e. The number of hydrogen-bond acceptors (Lipinski definition) is 5. The number of aliphatic hydroxyl groups is 1. The lowest BCUT2D eigenvalue weighted by Gasteiger charge is -2.19. The molecule has 0 amide bonds. The molecule has 0 spiro atoms. The quantitative estimate of drug-likeness (QED) is 0.807. The van der Waals surface area contributed by atoms with Gasteiger partial charge in [0.2, 0.25) is 0 Å². The topological polar surface area (TPSA) is 56.5 Å². The maximum absolute atomic E-state index is 9.53. The van der Waals surface area contributed by atoms with E-state index in [4.69, 9.17) is 10.00 Å². The number of likely N-dealkylation sites (N-methyl/N-ethyl adjacent to an activating group) is 1. The average molecular weight is 240 g/mol. The fourth-order valence-electron chi connectivity index (χ4n) is 1.46. The number of nitrogens with zero attached hydrogens (tertiary/aromatic N) is 2. The van der Waals surface area contributed by atoms with E-state index in [-0.39, 0.29) is 0 Å². The maximum atomic E-state index is 9.53. The first kappa shape index (κ1) is 13.1. The summed E-state index contributed by atoms with van der Waals surface area (Å²) in [5, 5.41) is 20.1. The Balaban J connectivity index is 2.39. The summed E-state index contributed by atoms with van der Waals surface area (Å²) >= 11 is 1.57. The van der Waals surface area contributed by atoms with Crippen LogP contribution in [0.5, 0.6) is 0 Å². The average Bonchev–Trinajstić information content (AvgIpc) is 2.65. The van der Waals surface area contributed by atoms with Crippen molar-refractivity contribution in [1.82, 2.24) is 4.90 Å². The van der Waals surface area contributed by atoms with Gasteiger partial charge < -0.3 is 9.84 Å². The lowest BCUT2D eigenvalue weighted by Crippen LogP contribution is -2.31. The number of nitriles is 1. The molecule has 1 unspecified atom stereocenters. The van der Waals surface area contributed by atoms with Crippen molar-refractivity contribution in [3.63, 3.8) is 0 Å². The second-order valence-corrected chi connectivity index (χ2v) is 4.72.